The average Bonchev–Trinajstić information content (AvgIpc) is 2.87. The van der Waals surface area contributed by atoms with Gasteiger partial charge in [-0.1, -0.05) is 19.6 Å². The van der Waals surface area contributed by atoms with Crippen LogP contribution in [0, 0.1) is 0 Å². The lowest BCUT2D eigenvalue weighted by Gasteiger charge is -2.19. The summed E-state index contributed by atoms with van der Waals surface area (Å²) < 4.78 is 11.5. The Kier molecular flexibility index (Phi) is 6.81. The Balaban J connectivity index is 2.21. The van der Waals surface area contributed by atoms with E-state index in [2.05, 4.69) is 16.9 Å². The number of rotatable bonds is 6. The number of hydrogen-bond donors (Lipinski definition) is 3. The van der Waals surface area contributed by atoms with Crippen LogP contribution in [0.5, 0.6) is 0 Å². The molecule has 0 aliphatic carbocycles. The summed E-state index contributed by atoms with van der Waals surface area (Å²) in [6.45, 7) is 7.34. The first kappa shape index (κ1) is 20.4. The van der Waals surface area contributed by atoms with Crippen LogP contribution in [0.15, 0.2) is 17.6 Å². The van der Waals surface area contributed by atoms with E-state index >= 15 is 0 Å². The summed E-state index contributed by atoms with van der Waals surface area (Å²) in [6, 6.07) is 0. The first-order valence-electron chi connectivity index (χ1n) is 8.02. The summed E-state index contributed by atoms with van der Waals surface area (Å²) in [4.78, 5) is 28.0. The lowest BCUT2D eigenvalue weighted by Crippen LogP contribution is -2.36. The van der Waals surface area contributed by atoms with Gasteiger partial charge in [0.05, 0.1) is 6.10 Å². The smallest absolute Gasteiger partial charge is 0.412 e. The van der Waals surface area contributed by atoms with E-state index < -0.39 is 36.3 Å². The average molecular weight is 385 g/mol. The Labute approximate surface area is 155 Å². The van der Waals surface area contributed by atoms with Gasteiger partial charge in [-0.2, -0.15) is 16.7 Å². The topological polar surface area (TPSA) is 123 Å². The molecule has 0 aromatic carbocycles. The fraction of sp³-hybridized carbons (Fsp3) is 0.562. The highest BCUT2D eigenvalue weighted by molar-refractivity contribution is 7.99. The third-order valence-corrected chi connectivity index (χ3v) is 4.96. The molecule has 1 aliphatic heterocycles. The molecule has 1 aliphatic rings. The Bertz CT molecular complexity index is 724. The lowest BCUT2D eigenvalue weighted by molar-refractivity contribution is -0.0350. The Morgan fingerprint density at radius 1 is 1.58 bits per heavy atom. The highest BCUT2D eigenvalue weighted by atomic mass is 32.2. The van der Waals surface area contributed by atoms with Crippen molar-refractivity contribution in [2.24, 2.45) is 0 Å². The van der Waals surface area contributed by atoms with E-state index in [1.807, 2.05) is 13.2 Å². The van der Waals surface area contributed by atoms with Crippen molar-refractivity contribution in [2.45, 2.75) is 43.6 Å². The number of aliphatic hydroxyl groups is 2. The minimum atomic E-state index is -1.28. The zero-order valence-corrected chi connectivity index (χ0v) is 15.6. The normalized spacial score (nSPS) is 26.3. The first-order chi connectivity index (χ1) is 12.3. The summed E-state index contributed by atoms with van der Waals surface area (Å²) >= 11 is 1.55. The van der Waals surface area contributed by atoms with E-state index in [4.69, 9.17) is 9.47 Å². The molecular formula is C16H23N3O6S. The van der Waals surface area contributed by atoms with Crippen molar-refractivity contribution in [3.8, 4) is 0 Å². The maximum absolute atomic E-state index is 12.3. The van der Waals surface area contributed by atoms with E-state index in [1.165, 1.54) is 12.3 Å². The fourth-order valence-corrected chi connectivity index (χ4v) is 2.57. The summed E-state index contributed by atoms with van der Waals surface area (Å²) in [5.74, 6) is -0.0101. The first-order valence-corrected chi connectivity index (χ1v) is 9.31. The van der Waals surface area contributed by atoms with E-state index in [1.54, 1.807) is 18.7 Å². The predicted octanol–water partition coefficient (Wildman–Crippen LogP) is 0.825. The Morgan fingerprint density at radius 3 is 2.81 bits per heavy atom. The number of ether oxygens (including phenoxy) is 2. The standard InChI is InChI=1S/C16H23N3O6S/c1-5-10-6-19(14-12(21)11(20)9(3)25-14)15(22)17-13(10)18-16(23)24-7-8(2)26-4/h5-6,8-9,11-12,14,20-21H,1,7H2,2-4H3,(H,17,18,22,23)/t8?,9-,11?,12?,14-/m1/s1. The van der Waals surface area contributed by atoms with Gasteiger partial charge in [-0.3, -0.25) is 9.88 Å². The fourth-order valence-electron chi connectivity index (χ4n) is 2.37. The molecule has 5 atom stereocenters. The molecule has 0 radical (unpaired) electrons. The van der Waals surface area contributed by atoms with Gasteiger partial charge in [-0.05, 0) is 13.2 Å². The van der Waals surface area contributed by atoms with Crippen LogP contribution in [0.25, 0.3) is 6.08 Å². The molecule has 144 valence electrons. The third-order valence-electron chi connectivity index (χ3n) is 4.02. The van der Waals surface area contributed by atoms with Crippen LogP contribution in [0.4, 0.5) is 10.6 Å². The van der Waals surface area contributed by atoms with Crippen LogP contribution in [0.2, 0.25) is 0 Å². The van der Waals surface area contributed by atoms with Gasteiger partial charge >= 0.3 is 11.8 Å². The largest absolute Gasteiger partial charge is 0.448 e. The van der Waals surface area contributed by atoms with Crippen molar-refractivity contribution in [3.63, 3.8) is 0 Å². The number of hydrogen-bond acceptors (Lipinski definition) is 8. The molecule has 1 amide bonds. The van der Waals surface area contributed by atoms with Crippen molar-refractivity contribution in [3.05, 3.63) is 28.8 Å². The highest BCUT2D eigenvalue weighted by Crippen LogP contribution is 2.28. The van der Waals surface area contributed by atoms with Crippen molar-refractivity contribution in [1.29, 1.82) is 0 Å². The van der Waals surface area contributed by atoms with Crippen LogP contribution in [0.1, 0.15) is 25.6 Å². The molecule has 3 unspecified atom stereocenters. The van der Waals surface area contributed by atoms with E-state index in [0.717, 1.165) is 4.57 Å². The summed E-state index contributed by atoms with van der Waals surface area (Å²) in [6.07, 6.45) is -0.211. The molecule has 3 N–H and O–H groups in total. The quantitative estimate of drug-likeness (QED) is 0.658. The summed E-state index contributed by atoms with van der Waals surface area (Å²) in [7, 11) is 0. The third kappa shape index (κ3) is 4.44. The molecule has 2 rings (SSSR count). The van der Waals surface area contributed by atoms with Gasteiger partial charge < -0.3 is 19.7 Å². The molecule has 26 heavy (non-hydrogen) atoms. The molecule has 1 aromatic rings. The number of aromatic nitrogens is 2. The predicted molar refractivity (Wildman–Crippen MR) is 98.1 cm³/mol. The molecule has 10 heteroatoms. The van der Waals surface area contributed by atoms with Gasteiger partial charge in [-0.25, -0.2) is 9.59 Å². The number of nitrogens with zero attached hydrogens (tertiary/aromatic N) is 2. The molecule has 2 heterocycles. The van der Waals surface area contributed by atoms with Crippen molar-refractivity contribution >= 4 is 29.7 Å². The number of amides is 1. The molecule has 0 bridgehead atoms. The lowest BCUT2D eigenvalue weighted by atomic mass is 10.1. The second kappa shape index (κ2) is 8.67. The van der Waals surface area contributed by atoms with Crippen LogP contribution in [-0.2, 0) is 9.47 Å². The number of carbonyl (C=O) groups is 1. The molecule has 0 saturated carbocycles. The second-order valence-electron chi connectivity index (χ2n) is 5.92. The minimum absolute atomic E-state index is 0.0101. The number of carbonyl (C=O) groups excluding carboxylic acids is 1. The zero-order chi connectivity index (χ0) is 19.4. The highest BCUT2D eigenvalue weighted by Gasteiger charge is 2.42. The maximum Gasteiger partial charge on any atom is 0.412 e. The molecule has 1 aromatic heterocycles. The number of aliphatic hydroxyl groups excluding tert-OH is 2. The molecule has 1 saturated heterocycles. The van der Waals surface area contributed by atoms with E-state index in [9.17, 15) is 19.8 Å². The SMILES string of the molecule is C=Cc1cn([C@@H]2O[C@H](C)C(O)C2O)c(=O)nc1NC(=O)OCC(C)SC. The number of thioether (sulfide) groups is 1. The number of nitrogens with one attached hydrogen (secondary N) is 1. The second-order valence-corrected chi connectivity index (χ2v) is 7.20. The monoisotopic (exact) mass is 385 g/mol. The maximum atomic E-state index is 12.3. The van der Waals surface area contributed by atoms with Crippen molar-refractivity contribution < 1.29 is 24.5 Å². The summed E-state index contributed by atoms with van der Waals surface area (Å²) in [5, 5.41) is 22.4. The van der Waals surface area contributed by atoms with Crippen molar-refractivity contribution in [2.75, 3.05) is 18.2 Å². The van der Waals surface area contributed by atoms with E-state index in [-0.39, 0.29) is 17.7 Å². The van der Waals surface area contributed by atoms with E-state index in [0.29, 0.717) is 5.56 Å². The van der Waals surface area contributed by atoms with Crippen LogP contribution < -0.4 is 11.0 Å². The van der Waals surface area contributed by atoms with Gasteiger partial charge in [0.1, 0.15) is 24.6 Å². The molecule has 1 fully saturated rings. The zero-order valence-electron chi connectivity index (χ0n) is 14.8. The molecule has 0 spiro atoms. The van der Waals surface area contributed by atoms with Gasteiger partial charge in [0.2, 0.25) is 0 Å². The molecule has 9 nitrogen and oxygen atoms in total. The molecular weight excluding hydrogens is 362 g/mol. The summed E-state index contributed by atoms with van der Waals surface area (Å²) in [5.41, 5.74) is -0.418. The van der Waals surface area contributed by atoms with Gasteiger partial charge in [0.15, 0.2) is 6.23 Å². The van der Waals surface area contributed by atoms with Gasteiger partial charge in [-0.15, -0.1) is 0 Å². The van der Waals surface area contributed by atoms with Crippen LogP contribution in [-0.4, -0.2) is 62.3 Å². The Morgan fingerprint density at radius 2 is 2.27 bits per heavy atom. The van der Waals surface area contributed by atoms with Gasteiger partial charge in [0.25, 0.3) is 0 Å². The number of anilines is 1. The van der Waals surface area contributed by atoms with Gasteiger partial charge in [0, 0.05) is 17.0 Å². The van der Waals surface area contributed by atoms with Crippen LogP contribution in [0.3, 0.4) is 0 Å². The minimum Gasteiger partial charge on any atom is -0.448 e. The van der Waals surface area contributed by atoms with Crippen molar-refractivity contribution in [1.82, 2.24) is 9.55 Å². The Hall–Kier alpha value is -1.88. The van der Waals surface area contributed by atoms with Crippen LogP contribution >= 0.6 is 11.8 Å².